The van der Waals surface area contributed by atoms with Gasteiger partial charge in [0.2, 0.25) is 5.91 Å². The number of likely N-dealkylation sites (tertiary alicyclic amines) is 1. The van der Waals surface area contributed by atoms with E-state index in [1.165, 1.54) is 5.56 Å². The number of amides is 1. The third-order valence-corrected chi connectivity index (χ3v) is 4.48. The lowest BCUT2D eigenvalue weighted by molar-refractivity contribution is -0.125. The lowest BCUT2D eigenvalue weighted by Crippen LogP contribution is -2.28. The lowest BCUT2D eigenvalue weighted by Gasteiger charge is -2.15. The second-order valence-corrected chi connectivity index (χ2v) is 5.82. The molecule has 0 aromatic carbocycles. The number of nitrogens with zero attached hydrogens (tertiary/aromatic N) is 1. The first-order valence-electron chi connectivity index (χ1n) is 6.27. The average Bonchev–Trinajstić information content (AvgIpc) is 2.94. The van der Waals surface area contributed by atoms with Crippen molar-refractivity contribution < 1.29 is 9.90 Å². The van der Waals surface area contributed by atoms with Crippen LogP contribution in [-0.4, -0.2) is 35.1 Å². The van der Waals surface area contributed by atoms with Crippen molar-refractivity contribution in [1.29, 1.82) is 0 Å². The first-order chi connectivity index (χ1) is 8.58. The summed E-state index contributed by atoms with van der Waals surface area (Å²) in [4.78, 5) is 14.9. The molecule has 2 atom stereocenters. The molecule has 1 aromatic heterocycles. The van der Waals surface area contributed by atoms with Gasteiger partial charge >= 0.3 is 0 Å². The number of aliphatic hydroxyl groups excluding tert-OH is 1. The number of carbonyl (C=O) groups excluding carboxylic acids is 1. The summed E-state index contributed by atoms with van der Waals surface area (Å²) in [6, 6.07) is 2.05. The zero-order valence-electron chi connectivity index (χ0n) is 10.8. The van der Waals surface area contributed by atoms with Crippen LogP contribution in [0.5, 0.6) is 0 Å². The quantitative estimate of drug-likeness (QED) is 0.852. The lowest BCUT2D eigenvalue weighted by atomic mass is 10.0. The van der Waals surface area contributed by atoms with Gasteiger partial charge in [-0.2, -0.15) is 0 Å². The fourth-order valence-corrected chi connectivity index (χ4v) is 3.01. The monoisotopic (exact) mass is 265 g/mol. The maximum absolute atomic E-state index is 12.0. The molecule has 0 aliphatic carbocycles. The van der Waals surface area contributed by atoms with E-state index in [2.05, 4.69) is 0 Å². The van der Waals surface area contributed by atoms with Crippen molar-refractivity contribution in [1.82, 2.24) is 4.90 Å². The van der Waals surface area contributed by atoms with Gasteiger partial charge in [-0.3, -0.25) is 4.79 Å². The van der Waals surface area contributed by atoms with Crippen LogP contribution in [0.15, 0.2) is 17.5 Å². The Kier molecular flexibility index (Phi) is 4.19. The van der Waals surface area contributed by atoms with Crippen LogP contribution in [0.3, 0.4) is 0 Å². The van der Waals surface area contributed by atoms with Crippen molar-refractivity contribution >= 4 is 23.3 Å². The molecule has 0 saturated carbocycles. The van der Waals surface area contributed by atoms with Crippen LogP contribution in [0.25, 0.3) is 6.08 Å². The number of carbonyl (C=O) groups is 1. The highest BCUT2D eigenvalue weighted by molar-refractivity contribution is 7.11. The third-order valence-electron chi connectivity index (χ3n) is 3.50. The molecule has 1 saturated heterocycles. The maximum atomic E-state index is 12.0. The number of hydrogen-bond acceptors (Lipinski definition) is 3. The number of rotatable bonds is 3. The number of hydrogen-bond donors (Lipinski definition) is 1. The summed E-state index contributed by atoms with van der Waals surface area (Å²) in [5, 5.41) is 11.5. The van der Waals surface area contributed by atoms with Crippen LogP contribution in [0.4, 0.5) is 0 Å². The summed E-state index contributed by atoms with van der Waals surface area (Å²) in [5.74, 6) is 0.275. The Bertz CT molecular complexity index is 450. The SMILES string of the molecule is Cc1ccsc1/C=C/C(=O)N1CCC(C(C)O)C1. The van der Waals surface area contributed by atoms with Gasteiger partial charge in [0.05, 0.1) is 6.10 Å². The summed E-state index contributed by atoms with van der Waals surface area (Å²) in [6.07, 6.45) is 4.10. The van der Waals surface area contributed by atoms with E-state index in [0.29, 0.717) is 6.54 Å². The maximum Gasteiger partial charge on any atom is 0.246 e. The van der Waals surface area contributed by atoms with Crippen LogP contribution in [0, 0.1) is 12.8 Å². The number of aryl methyl sites for hydroxylation is 1. The molecule has 3 nitrogen and oxygen atoms in total. The van der Waals surface area contributed by atoms with Gasteiger partial charge in [0.1, 0.15) is 0 Å². The summed E-state index contributed by atoms with van der Waals surface area (Å²) in [5.41, 5.74) is 1.20. The van der Waals surface area contributed by atoms with E-state index >= 15 is 0 Å². The Labute approximate surface area is 112 Å². The molecular formula is C14H19NO2S. The van der Waals surface area contributed by atoms with Crippen molar-refractivity contribution in [3.05, 3.63) is 28.0 Å². The second-order valence-electron chi connectivity index (χ2n) is 4.87. The van der Waals surface area contributed by atoms with Gasteiger partial charge in [0.25, 0.3) is 0 Å². The normalized spacial score (nSPS) is 21.7. The molecule has 98 valence electrons. The predicted octanol–water partition coefficient (Wildman–Crippen LogP) is 2.30. The highest BCUT2D eigenvalue weighted by atomic mass is 32.1. The van der Waals surface area contributed by atoms with Gasteiger partial charge in [0, 0.05) is 30.0 Å². The molecule has 2 rings (SSSR count). The van der Waals surface area contributed by atoms with Crippen LogP contribution < -0.4 is 0 Å². The zero-order valence-corrected chi connectivity index (χ0v) is 11.6. The average molecular weight is 265 g/mol. The van der Waals surface area contributed by atoms with E-state index in [1.54, 1.807) is 24.3 Å². The van der Waals surface area contributed by atoms with Crippen molar-refractivity contribution in [2.75, 3.05) is 13.1 Å². The molecule has 0 spiro atoms. The van der Waals surface area contributed by atoms with E-state index < -0.39 is 0 Å². The summed E-state index contributed by atoms with van der Waals surface area (Å²) in [6.45, 7) is 5.26. The summed E-state index contributed by atoms with van der Waals surface area (Å²) >= 11 is 1.64. The van der Waals surface area contributed by atoms with Crippen LogP contribution in [0.2, 0.25) is 0 Å². The molecule has 2 unspecified atom stereocenters. The molecule has 1 aliphatic rings. The Balaban J connectivity index is 1.93. The minimum Gasteiger partial charge on any atom is -0.393 e. The predicted molar refractivity (Wildman–Crippen MR) is 74.5 cm³/mol. The minimum atomic E-state index is -0.327. The Morgan fingerprint density at radius 1 is 1.67 bits per heavy atom. The van der Waals surface area contributed by atoms with E-state index in [-0.39, 0.29) is 17.9 Å². The molecule has 0 bridgehead atoms. The molecule has 1 aromatic rings. The van der Waals surface area contributed by atoms with Gasteiger partial charge in [-0.1, -0.05) is 0 Å². The van der Waals surface area contributed by atoms with Crippen molar-refractivity contribution in [3.63, 3.8) is 0 Å². The van der Waals surface area contributed by atoms with E-state index in [1.807, 2.05) is 29.3 Å². The van der Waals surface area contributed by atoms with E-state index in [4.69, 9.17) is 0 Å². The van der Waals surface area contributed by atoms with E-state index in [0.717, 1.165) is 17.8 Å². The van der Waals surface area contributed by atoms with Gasteiger partial charge < -0.3 is 10.0 Å². The fraction of sp³-hybridized carbons (Fsp3) is 0.500. The Morgan fingerprint density at radius 2 is 2.44 bits per heavy atom. The second kappa shape index (κ2) is 5.67. The van der Waals surface area contributed by atoms with Gasteiger partial charge in [-0.05, 0) is 43.4 Å². The molecule has 2 heterocycles. The summed E-state index contributed by atoms with van der Waals surface area (Å²) < 4.78 is 0. The minimum absolute atomic E-state index is 0.0472. The Hall–Kier alpha value is -1.13. The van der Waals surface area contributed by atoms with Gasteiger partial charge in [-0.25, -0.2) is 0 Å². The van der Waals surface area contributed by atoms with Crippen molar-refractivity contribution in [2.24, 2.45) is 5.92 Å². The highest BCUT2D eigenvalue weighted by Gasteiger charge is 2.27. The van der Waals surface area contributed by atoms with Crippen LogP contribution >= 0.6 is 11.3 Å². The fourth-order valence-electron chi connectivity index (χ4n) is 2.19. The van der Waals surface area contributed by atoms with Crippen molar-refractivity contribution in [3.8, 4) is 0 Å². The van der Waals surface area contributed by atoms with Crippen molar-refractivity contribution in [2.45, 2.75) is 26.4 Å². The van der Waals surface area contributed by atoms with Crippen LogP contribution in [0.1, 0.15) is 23.8 Å². The molecule has 0 radical (unpaired) electrons. The highest BCUT2D eigenvalue weighted by Crippen LogP contribution is 2.21. The summed E-state index contributed by atoms with van der Waals surface area (Å²) in [7, 11) is 0. The molecular weight excluding hydrogens is 246 g/mol. The molecule has 18 heavy (non-hydrogen) atoms. The zero-order chi connectivity index (χ0) is 13.1. The molecule has 1 N–H and O–H groups in total. The molecule has 1 amide bonds. The largest absolute Gasteiger partial charge is 0.393 e. The molecule has 1 aliphatic heterocycles. The molecule has 4 heteroatoms. The van der Waals surface area contributed by atoms with E-state index in [9.17, 15) is 9.90 Å². The number of aliphatic hydroxyl groups is 1. The molecule has 1 fully saturated rings. The van der Waals surface area contributed by atoms with Gasteiger partial charge in [-0.15, -0.1) is 11.3 Å². The first-order valence-corrected chi connectivity index (χ1v) is 7.15. The van der Waals surface area contributed by atoms with Crippen LogP contribution in [-0.2, 0) is 4.79 Å². The van der Waals surface area contributed by atoms with Gasteiger partial charge in [0.15, 0.2) is 0 Å². The smallest absolute Gasteiger partial charge is 0.246 e. The number of thiophene rings is 1. The first kappa shape index (κ1) is 13.3. The third kappa shape index (κ3) is 3.00. The Morgan fingerprint density at radius 3 is 3.00 bits per heavy atom. The standard InChI is InChI=1S/C14H19NO2S/c1-10-6-8-18-13(10)3-4-14(17)15-7-5-12(9-15)11(2)16/h3-4,6,8,11-12,16H,5,7,9H2,1-2H3/b4-3+. The topological polar surface area (TPSA) is 40.5 Å².